The van der Waals surface area contributed by atoms with E-state index in [4.69, 9.17) is 4.74 Å². The third-order valence-electron chi connectivity index (χ3n) is 4.77. The zero-order valence-electron chi connectivity index (χ0n) is 18.0. The van der Waals surface area contributed by atoms with Crippen LogP contribution >= 0.6 is 0 Å². The van der Waals surface area contributed by atoms with Crippen molar-refractivity contribution < 1.29 is 9.84 Å². The van der Waals surface area contributed by atoms with Crippen LogP contribution in [0.25, 0.3) is 0 Å². The maximum Gasteiger partial charge on any atom is 0.123 e. The summed E-state index contributed by atoms with van der Waals surface area (Å²) in [4.78, 5) is 0. The summed E-state index contributed by atoms with van der Waals surface area (Å²) < 4.78 is 6.05. The molecule has 1 N–H and O–H groups in total. The van der Waals surface area contributed by atoms with Crippen LogP contribution in [-0.2, 0) is 10.8 Å². The molecule has 2 nitrogen and oxygen atoms in total. The Hall–Kier alpha value is -1.44. The van der Waals surface area contributed by atoms with Crippen LogP contribution in [0.3, 0.4) is 0 Å². The second kappa shape index (κ2) is 10.0. The van der Waals surface area contributed by atoms with Crippen molar-refractivity contribution in [3.8, 4) is 11.5 Å². The summed E-state index contributed by atoms with van der Waals surface area (Å²) in [6, 6.07) is 4.03. The first-order valence-electron chi connectivity index (χ1n) is 10.2. The van der Waals surface area contributed by atoms with Crippen LogP contribution in [0.4, 0.5) is 0 Å². The first-order chi connectivity index (χ1) is 12.1. The van der Waals surface area contributed by atoms with Gasteiger partial charge in [0.15, 0.2) is 0 Å². The molecule has 26 heavy (non-hydrogen) atoms. The summed E-state index contributed by atoms with van der Waals surface area (Å²) in [6.07, 6.45) is 10.6. The minimum Gasteiger partial charge on any atom is -0.507 e. The van der Waals surface area contributed by atoms with Crippen LogP contribution in [0.2, 0.25) is 0 Å². The second-order valence-corrected chi connectivity index (χ2v) is 9.41. The number of benzene rings is 1. The number of phenols is 1. The number of hydrogen-bond donors (Lipinski definition) is 1. The molecule has 0 unspecified atom stereocenters. The lowest BCUT2D eigenvalue weighted by molar-refractivity contribution is 0.301. The molecular formula is C24H40O2. The van der Waals surface area contributed by atoms with Crippen molar-refractivity contribution in [2.24, 2.45) is 0 Å². The van der Waals surface area contributed by atoms with Gasteiger partial charge in [-0.15, -0.1) is 6.58 Å². The summed E-state index contributed by atoms with van der Waals surface area (Å²) in [5.74, 6) is 1.29. The molecule has 0 aliphatic heterocycles. The van der Waals surface area contributed by atoms with E-state index in [0.717, 1.165) is 36.3 Å². The van der Waals surface area contributed by atoms with Crippen LogP contribution in [0, 0.1) is 0 Å². The van der Waals surface area contributed by atoms with Gasteiger partial charge in [-0.2, -0.15) is 0 Å². The predicted molar refractivity (Wildman–Crippen MR) is 114 cm³/mol. The summed E-state index contributed by atoms with van der Waals surface area (Å²) in [5.41, 5.74) is 1.69. The molecule has 0 radical (unpaired) electrons. The number of unbranched alkanes of at least 4 members (excludes halogenated alkanes) is 6. The van der Waals surface area contributed by atoms with Crippen LogP contribution in [0.5, 0.6) is 11.5 Å². The summed E-state index contributed by atoms with van der Waals surface area (Å²) in [6.45, 7) is 17.3. The minimum absolute atomic E-state index is 0.116. The highest BCUT2D eigenvalue weighted by Gasteiger charge is 2.26. The number of phenolic OH excluding ortho intramolecular Hbond substituents is 1. The standard InChI is InChI=1S/C24H40O2/c1-8-9-10-11-12-13-14-15-16-26-19-17-20(23(2,3)4)22(25)21(18-19)24(5,6)7/h8,17-18,25H,1,9-16H2,2-7H3. The molecule has 2 heteroatoms. The maximum absolute atomic E-state index is 10.8. The zero-order valence-corrected chi connectivity index (χ0v) is 18.0. The van der Waals surface area contributed by atoms with Crippen LogP contribution in [0.1, 0.15) is 97.6 Å². The molecule has 148 valence electrons. The molecule has 0 spiro atoms. The van der Waals surface area contributed by atoms with E-state index in [1.165, 1.54) is 32.1 Å². The Morgan fingerprint density at radius 2 is 1.31 bits per heavy atom. The van der Waals surface area contributed by atoms with Gasteiger partial charge < -0.3 is 9.84 Å². The van der Waals surface area contributed by atoms with E-state index in [-0.39, 0.29) is 10.8 Å². The first-order valence-corrected chi connectivity index (χ1v) is 10.2. The van der Waals surface area contributed by atoms with E-state index in [2.05, 4.69) is 48.1 Å². The van der Waals surface area contributed by atoms with E-state index in [1.807, 2.05) is 18.2 Å². The van der Waals surface area contributed by atoms with E-state index in [9.17, 15) is 5.11 Å². The predicted octanol–water partition coefficient (Wildman–Crippen LogP) is 7.28. The summed E-state index contributed by atoms with van der Waals surface area (Å²) >= 11 is 0. The molecule has 0 saturated heterocycles. The normalized spacial score (nSPS) is 12.2. The van der Waals surface area contributed by atoms with Gasteiger partial charge >= 0.3 is 0 Å². The maximum atomic E-state index is 10.8. The van der Waals surface area contributed by atoms with Gasteiger partial charge in [0.2, 0.25) is 0 Å². The SMILES string of the molecule is C=CCCCCCCCCOc1cc(C(C)(C)C)c(O)c(C(C)(C)C)c1. The topological polar surface area (TPSA) is 29.5 Å². The summed E-state index contributed by atoms with van der Waals surface area (Å²) in [7, 11) is 0. The molecule has 0 heterocycles. The Morgan fingerprint density at radius 3 is 1.77 bits per heavy atom. The van der Waals surface area contributed by atoms with Crippen molar-refractivity contribution in [3.05, 3.63) is 35.9 Å². The lowest BCUT2D eigenvalue weighted by Crippen LogP contribution is -2.17. The molecule has 0 aliphatic carbocycles. The highest BCUT2D eigenvalue weighted by Crippen LogP contribution is 2.41. The number of hydrogen-bond acceptors (Lipinski definition) is 2. The van der Waals surface area contributed by atoms with E-state index in [0.29, 0.717) is 5.75 Å². The smallest absolute Gasteiger partial charge is 0.123 e. The molecule has 0 amide bonds. The molecule has 0 atom stereocenters. The fraction of sp³-hybridized carbons (Fsp3) is 0.667. The molecule has 1 aromatic carbocycles. The number of aromatic hydroxyl groups is 1. The molecule has 0 fully saturated rings. The van der Waals surface area contributed by atoms with Gasteiger partial charge in [-0.25, -0.2) is 0 Å². The lowest BCUT2D eigenvalue weighted by atomic mass is 9.79. The van der Waals surface area contributed by atoms with Crippen LogP contribution in [-0.4, -0.2) is 11.7 Å². The van der Waals surface area contributed by atoms with Crippen molar-refractivity contribution in [2.45, 2.75) is 97.3 Å². The third-order valence-corrected chi connectivity index (χ3v) is 4.77. The second-order valence-electron chi connectivity index (χ2n) is 9.41. The van der Waals surface area contributed by atoms with E-state index >= 15 is 0 Å². The Bertz CT molecular complexity index is 524. The van der Waals surface area contributed by atoms with Gasteiger partial charge in [0.25, 0.3) is 0 Å². The highest BCUT2D eigenvalue weighted by molar-refractivity contribution is 5.51. The van der Waals surface area contributed by atoms with Gasteiger partial charge in [-0.3, -0.25) is 0 Å². The number of allylic oxidation sites excluding steroid dienone is 1. The Morgan fingerprint density at radius 1 is 0.846 bits per heavy atom. The van der Waals surface area contributed by atoms with Crippen LogP contribution in [0.15, 0.2) is 24.8 Å². The Balaban J connectivity index is 2.63. The molecule has 0 aromatic heterocycles. The van der Waals surface area contributed by atoms with Crippen molar-refractivity contribution >= 4 is 0 Å². The minimum atomic E-state index is -0.116. The van der Waals surface area contributed by atoms with Crippen molar-refractivity contribution in [2.75, 3.05) is 6.61 Å². The molecule has 0 saturated carbocycles. The third kappa shape index (κ3) is 7.43. The zero-order chi connectivity index (χ0) is 19.8. The van der Waals surface area contributed by atoms with E-state index < -0.39 is 0 Å². The van der Waals surface area contributed by atoms with Gasteiger partial charge in [0.05, 0.1) is 6.61 Å². The van der Waals surface area contributed by atoms with Gasteiger partial charge in [0.1, 0.15) is 11.5 Å². The molecule has 1 rings (SSSR count). The average Bonchev–Trinajstić information content (AvgIpc) is 2.52. The number of rotatable bonds is 10. The van der Waals surface area contributed by atoms with E-state index in [1.54, 1.807) is 0 Å². The van der Waals surface area contributed by atoms with Gasteiger partial charge in [-0.1, -0.05) is 73.3 Å². The molecule has 1 aromatic rings. The highest BCUT2D eigenvalue weighted by atomic mass is 16.5. The Kier molecular flexibility index (Phi) is 8.73. The van der Waals surface area contributed by atoms with Crippen molar-refractivity contribution in [3.63, 3.8) is 0 Å². The largest absolute Gasteiger partial charge is 0.507 e. The summed E-state index contributed by atoms with van der Waals surface area (Å²) in [5, 5.41) is 10.8. The average molecular weight is 361 g/mol. The number of ether oxygens (including phenoxy) is 1. The monoisotopic (exact) mass is 360 g/mol. The van der Waals surface area contributed by atoms with Gasteiger partial charge in [0, 0.05) is 11.1 Å². The van der Waals surface area contributed by atoms with Crippen molar-refractivity contribution in [1.82, 2.24) is 0 Å². The van der Waals surface area contributed by atoms with Gasteiger partial charge in [-0.05, 0) is 42.2 Å². The molecule has 0 bridgehead atoms. The van der Waals surface area contributed by atoms with Crippen molar-refractivity contribution in [1.29, 1.82) is 0 Å². The fourth-order valence-electron chi connectivity index (χ4n) is 3.12. The quantitative estimate of drug-likeness (QED) is 0.351. The molecule has 0 aliphatic rings. The van der Waals surface area contributed by atoms with Crippen LogP contribution < -0.4 is 4.74 Å². The Labute approximate surface area is 161 Å². The lowest BCUT2D eigenvalue weighted by Gasteiger charge is -2.28. The first kappa shape index (κ1) is 22.6. The molecular weight excluding hydrogens is 320 g/mol. The fourth-order valence-corrected chi connectivity index (χ4v) is 3.12.